The van der Waals surface area contributed by atoms with Crippen molar-refractivity contribution in [3.63, 3.8) is 0 Å². The molecule has 5 heteroatoms. The molecule has 0 bridgehead atoms. The van der Waals surface area contributed by atoms with Crippen molar-refractivity contribution in [2.45, 2.75) is 19.4 Å². The molecule has 0 aliphatic rings. The number of rotatable bonds is 5. The number of amides is 1. The minimum atomic E-state index is -0.131. The van der Waals surface area contributed by atoms with Gasteiger partial charge in [0.2, 0.25) is 0 Å². The van der Waals surface area contributed by atoms with E-state index in [2.05, 4.69) is 10.3 Å². The maximum absolute atomic E-state index is 12.1. The minimum Gasteiger partial charge on any atom is -0.396 e. The number of hydrogen-bond donors (Lipinski definition) is 2. The second kappa shape index (κ2) is 6.62. The Bertz CT molecular complexity index is 809. The fraction of sp³-hybridized carbons (Fsp3) is 0.222. The number of carbonyl (C=O) groups is 1. The molecule has 3 rings (SSSR count). The highest BCUT2D eigenvalue weighted by molar-refractivity contribution is 5.94. The summed E-state index contributed by atoms with van der Waals surface area (Å²) < 4.78 is 1.99. The summed E-state index contributed by atoms with van der Waals surface area (Å²) in [5.74, 6) is -0.131. The molecule has 0 aliphatic heterocycles. The number of nitrogens with one attached hydrogen (secondary N) is 1. The maximum atomic E-state index is 12.1. The highest BCUT2D eigenvalue weighted by Gasteiger charge is 2.10. The molecule has 1 unspecified atom stereocenters. The van der Waals surface area contributed by atoms with Gasteiger partial charge >= 0.3 is 0 Å². The third-order valence-corrected chi connectivity index (χ3v) is 3.80. The second-order valence-corrected chi connectivity index (χ2v) is 5.54. The van der Waals surface area contributed by atoms with Gasteiger partial charge in [0, 0.05) is 23.9 Å². The highest BCUT2D eigenvalue weighted by Crippen LogP contribution is 2.18. The predicted molar refractivity (Wildman–Crippen MR) is 89.7 cm³/mol. The van der Waals surface area contributed by atoms with E-state index in [1.807, 2.05) is 47.9 Å². The Morgan fingerprint density at radius 3 is 2.70 bits per heavy atom. The zero-order valence-corrected chi connectivity index (χ0v) is 12.9. The first kappa shape index (κ1) is 15.2. The molecule has 2 N–H and O–H groups in total. The van der Waals surface area contributed by atoms with E-state index in [-0.39, 0.29) is 18.6 Å². The number of para-hydroxylation sites is 2. The van der Waals surface area contributed by atoms with Gasteiger partial charge in [-0.2, -0.15) is 0 Å². The van der Waals surface area contributed by atoms with Gasteiger partial charge in [-0.05, 0) is 49.7 Å². The molecular weight excluding hydrogens is 290 g/mol. The summed E-state index contributed by atoms with van der Waals surface area (Å²) in [6.07, 6.45) is 2.33. The van der Waals surface area contributed by atoms with Crippen LogP contribution < -0.4 is 5.32 Å². The van der Waals surface area contributed by atoms with Gasteiger partial charge in [0.25, 0.3) is 5.91 Å². The van der Waals surface area contributed by atoms with Gasteiger partial charge in [-0.15, -0.1) is 0 Å². The van der Waals surface area contributed by atoms with E-state index >= 15 is 0 Å². The molecule has 3 aromatic rings. The number of fused-ring (bicyclic) bond motifs is 1. The van der Waals surface area contributed by atoms with Gasteiger partial charge in [0.15, 0.2) is 0 Å². The standard InChI is InChI=1S/C18H19N3O2/c1-13(10-11-22)20-18(23)14-6-8-15(9-7-14)21-12-19-16-4-2-3-5-17(16)21/h2-9,12-13,22H,10-11H2,1H3,(H,20,23). The summed E-state index contributed by atoms with van der Waals surface area (Å²) in [6, 6.07) is 15.3. The number of benzene rings is 2. The molecule has 1 aromatic heterocycles. The van der Waals surface area contributed by atoms with E-state index < -0.39 is 0 Å². The summed E-state index contributed by atoms with van der Waals surface area (Å²) in [6.45, 7) is 1.94. The molecule has 1 amide bonds. The van der Waals surface area contributed by atoms with Crippen molar-refractivity contribution >= 4 is 16.9 Å². The zero-order chi connectivity index (χ0) is 16.2. The zero-order valence-electron chi connectivity index (χ0n) is 12.9. The minimum absolute atomic E-state index is 0.0511. The SMILES string of the molecule is CC(CCO)NC(=O)c1ccc(-n2cnc3ccccc32)cc1. The highest BCUT2D eigenvalue weighted by atomic mass is 16.3. The van der Waals surface area contributed by atoms with Crippen LogP contribution in [0.25, 0.3) is 16.7 Å². The van der Waals surface area contributed by atoms with E-state index in [1.54, 1.807) is 18.5 Å². The molecule has 1 heterocycles. The number of imidazole rings is 1. The summed E-state index contributed by atoms with van der Waals surface area (Å²) in [4.78, 5) is 16.5. The van der Waals surface area contributed by atoms with Crippen molar-refractivity contribution in [3.8, 4) is 5.69 Å². The monoisotopic (exact) mass is 309 g/mol. The van der Waals surface area contributed by atoms with Crippen molar-refractivity contribution in [2.24, 2.45) is 0 Å². The Morgan fingerprint density at radius 1 is 1.22 bits per heavy atom. The number of aromatic nitrogens is 2. The van der Waals surface area contributed by atoms with E-state index in [0.29, 0.717) is 12.0 Å². The third kappa shape index (κ3) is 3.24. The summed E-state index contributed by atoms with van der Waals surface area (Å²) in [5.41, 5.74) is 3.52. The molecule has 5 nitrogen and oxygen atoms in total. The molecule has 23 heavy (non-hydrogen) atoms. The Kier molecular flexibility index (Phi) is 4.39. The first-order chi connectivity index (χ1) is 11.2. The van der Waals surface area contributed by atoms with Crippen LogP contribution in [-0.4, -0.2) is 33.2 Å². The van der Waals surface area contributed by atoms with E-state index in [0.717, 1.165) is 16.7 Å². The van der Waals surface area contributed by atoms with Crippen LogP contribution in [0.3, 0.4) is 0 Å². The van der Waals surface area contributed by atoms with Crippen molar-refractivity contribution < 1.29 is 9.90 Å². The van der Waals surface area contributed by atoms with Crippen molar-refractivity contribution in [3.05, 3.63) is 60.4 Å². The molecule has 0 saturated heterocycles. The lowest BCUT2D eigenvalue weighted by Crippen LogP contribution is -2.33. The average Bonchev–Trinajstić information content (AvgIpc) is 2.99. The smallest absolute Gasteiger partial charge is 0.251 e. The predicted octanol–water partition coefficient (Wildman–Crippen LogP) is 2.53. The van der Waals surface area contributed by atoms with Crippen LogP contribution >= 0.6 is 0 Å². The Labute approximate surface area is 134 Å². The van der Waals surface area contributed by atoms with Gasteiger partial charge in [-0.1, -0.05) is 12.1 Å². The third-order valence-electron chi connectivity index (χ3n) is 3.80. The van der Waals surface area contributed by atoms with Gasteiger partial charge in [0.05, 0.1) is 11.0 Å². The van der Waals surface area contributed by atoms with E-state index in [9.17, 15) is 4.79 Å². The quantitative estimate of drug-likeness (QED) is 0.761. The van der Waals surface area contributed by atoms with Crippen LogP contribution in [0.15, 0.2) is 54.9 Å². The van der Waals surface area contributed by atoms with Crippen molar-refractivity contribution in [2.75, 3.05) is 6.61 Å². The van der Waals surface area contributed by atoms with Crippen LogP contribution in [0.5, 0.6) is 0 Å². The summed E-state index contributed by atoms with van der Waals surface area (Å²) in [5, 5.41) is 11.8. The van der Waals surface area contributed by atoms with Crippen LogP contribution in [0.1, 0.15) is 23.7 Å². The van der Waals surface area contributed by atoms with Gasteiger partial charge in [-0.3, -0.25) is 9.36 Å². The number of aliphatic hydroxyl groups excluding tert-OH is 1. The fourth-order valence-corrected chi connectivity index (χ4v) is 2.51. The molecule has 0 radical (unpaired) electrons. The number of aliphatic hydroxyl groups is 1. The largest absolute Gasteiger partial charge is 0.396 e. The molecule has 0 saturated carbocycles. The topological polar surface area (TPSA) is 67.2 Å². The lowest BCUT2D eigenvalue weighted by molar-refractivity contribution is 0.0934. The summed E-state index contributed by atoms with van der Waals surface area (Å²) >= 11 is 0. The van der Waals surface area contributed by atoms with E-state index in [1.165, 1.54) is 0 Å². The fourth-order valence-electron chi connectivity index (χ4n) is 2.51. The van der Waals surface area contributed by atoms with Crippen LogP contribution in [-0.2, 0) is 0 Å². The van der Waals surface area contributed by atoms with Gasteiger partial charge < -0.3 is 10.4 Å². The van der Waals surface area contributed by atoms with Crippen LogP contribution in [0.2, 0.25) is 0 Å². The Balaban J connectivity index is 1.81. The molecule has 0 fully saturated rings. The number of carbonyl (C=O) groups excluding carboxylic acids is 1. The van der Waals surface area contributed by atoms with Crippen LogP contribution in [0, 0.1) is 0 Å². The molecule has 2 aromatic carbocycles. The maximum Gasteiger partial charge on any atom is 0.251 e. The first-order valence-electron chi connectivity index (χ1n) is 7.63. The Morgan fingerprint density at radius 2 is 1.96 bits per heavy atom. The second-order valence-electron chi connectivity index (χ2n) is 5.54. The number of nitrogens with zero attached hydrogens (tertiary/aromatic N) is 2. The van der Waals surface area contributed by atoms with Crippen molar-refractivity contribution in [1.29, 1.82) is 0 Å². The molecular formula is C18H19N3O2. The molecule has 0 spiro atoms. The van der Waals surface area contributed by atoms with Gasteiger partial charge in [0.1, 0.15) is 6.33 Å². The van der Waals surface area contributed by atoms with E-state index in [4.69, 9.17) is 5.11 Å². The Hall–Kier alpha value is -2.66. The van der Waals surface area contributed by atoms with Crippen molar-refractivity contribution in [1.82, 2.24) is 14.9 Å². The normalized spacial score (nSPS) is 12.3. The first-order valence-corrected chi connectivity index (χ1v) is 7.63. The summed E-state index contributed by atoms with van der Waals surface area (Å²) in [7, 11) is 0. The lowest BCUT2D eigenvalue weighted by Gasteiger charge is -2.12. The molecule has 1 atom stereocenters. The molecule has 0 aliphatic carbocycles. The number of hydrogen-bond acceptors (Lipinski definition) is 3. The molecule has 118 valence electrons. The van der Waals surface area contributed by atoms with Crippen LogP contribution in [0.4, 0.5) is 0 Å². The average molecular weight is 309 g/mol. The lowest BCUT2D eigenvalue weighted by atomic mass is 10.1. The van der Waals surface area contributed by atoms with Gasteiger partial charge in [-0.25, -0.2) is 4.98 Å².